The number of fused-ring (bicyclic) bond motifs is 1. The number of imide groups is 1. The van der Waals surface area contributed by atoms with E-state index in [-0.39, 0.29) is 17.5 Å². The van der Waals surface area contributed by atoms with Crippen molar-refractivity contribution in [1.82, 2.24) is 25.6 Å². The van der Waals surface area contributed by atoms with E-state index < -0.39 is 89.9 Å². The van der Waals surface area contributed by atoms with Gasteiger partial charge in [-0.05, 0) is 86.8 Å². The van der Waals surface area contributed by atoms with Gasteiger partial charge in [-0.1, -0.05) is 26.0 Å². The summed E-state index contributed by atoms with van der Waals surface area (Å²) in [6.45, 7) is 16.4. The van der Waals surface area contributed by atoms with E-state index in [1.807, 2.05) is 0 Å². The Labute approximate surface area is 296 Å². The molecule has 1 aliphatic rings. The zero-order chi connectivity index (χ0) is 39.1. The maximum Gasteiger partial charge on any atom is 0.437 e. The summed E-state index contributed by atoms with van der Waals surface area (Å²) in [6.07, 6.45) is -3.59. The lowest BCUT2D eigenvalue weighted by Gasteiger charge is -2.33. The van der Waals surface area contributed by atoms with Crippen molar-refractivity contribution in [3.8, 4) is 0 Å². The van der Waals surface area contributed by atoms with E-state index in [0.717, 1.165) is 9.91 Å². The first-order valence-electron chi connectivity index (χ1n) is 16.1. The van der Waals surface area contributed by atoms with Crippen LogP contribution >= 0.6 is 0 Å². The van der Waals surface area contributed by atoms with Crippen molar-refractivity contribution in [2.75, 3.05) is 13.1 Å². The fourth-order valence-electron chi connectivity index (χ4n) is 4.35. The minimum absolute atomic E-state index is 0.0131. The van der Waals surface area contributed by atoms with Crippen molar-refractivity contribution in [1.29, 1.82) is 0 Å². The molecule has 1 aromatic rings. The second-order valence-corrected chi connectivity index (χ2v) is 14.7. The zero-order valence-electron chi connectivity index (χ0n) is 30.8. The number of amides is 7. The average molecular weight is 721 g/mol. The lowest BCUT2D eigenvalue weighted by molar-refractivity contribution is -0.237. The molecule has 0 aliphatic carbocycles. The molecule has 1 heterocycles. The van der Waals surface area contributed by atoms with Crippen molar-refractivity contribution in [3.05, 3.63) is 35.4 Å². The number of hydrogen-bond acceptors (Lipinski definition) is 12. The Kier molecular flexibility index (Phi) is 13.7. The summed E-state index contributed by atoms with van der Waals surface area (Å²) < 4.78 is 16.1. The van der Waals surface area contributed by atoms with Crippen LogP contribution in [-0.2, 0) is 23.9 Å². The summed E-state index contributed by atoms with van der Waals surface area (Å²) in [5.74, 6) is -4.15. The molecule has 18 heteroatoms. The van der Waals surface area contributed by atoms with Gasteiger partial charge >= 0.3 is 30.3 Å². The number of benzene rings is 1. The average Bonchev–Trinajstić information content (AvgIpc) is 3.21. The highest BCUT2D eigenvalue weighted by Gasteiger charge is 2.42. The normalized spacial score (nSPS) is 14.0. The summed E-state index contributed by atoms with van der Waals surface area (Å²) in [7, 11) is 0. The van der Waals surface area contributed by atoms with E-state index in [9.17, 15) is 33.6 Å². The van der Waals surface area contributed by atoms with Gasteiger partial charge in [0.05, 0.1) is 11.1 Å². The highest BCUT2D eigenvalue weighted by molar-refractivity contribution is 6.21. The summed E-state index contributed by atoms with van der Waals surface area (Å²) in [5, 5.41) is 14.9. The number of ether oxygens (including phenoxy) is 3. The quantitative estimate of drug-likeness (QED) is 0.0831. The standard InChI is InChI=1S/C33H48N6O12/c1-19(2)22(25(42)51-47)34-27(43)38(39-23(40)20-15-12-13-16-21(20)24(39)41)18-14-17-37(30(46)50-33(9,10)11)26(35-28(44)48-31(3,4)5)36-29(45)49-32(6,7)8/h12-13,15-16,19,22,47H,14,17-18H2,1-11H3,(H,34,43)(H,35,36,44,45)/t22-/m0/s1. The molecule has 1 aromatic carbocycles. The Bertz CT molecular complexity index is 1500. The summed E-state index contributed by atoms with van der Waals surface area (Å²) >= 11 is 0. The Morgan fingerprint density at radius 2 is 1.33 bits per heavy atom. The number of hydrogen-bond donors (Lipinski definition) is 3. The molecule has 0 spiro atoms. The maximum absolute atomic E-state index is 13.7. The van der Waals surface area contributed by atoms with Crippen LogP contribution in [0.15, 0.2) is 29.3 Å². The molecule has 0 radical (unpaired) electrons. The van der Waals surface area contributed by atoms with Crippen LogP contribution in [0.25, 0.3) is 0 Å². The van der Waals surface area contributed by atoms with Crippen molar-refractivity contribution < 1.29 is 57.9 Å². The molecule has 7 amide bonds. The van der Waals surface area contributed by atoms with Crippen LogP contribution in [0.4, 0.5) is 19.2 Å². The molecule has 3 N–H and O–H groups in total. The largest absolute Gasteiger partial charge is 0.444 e. The second-order valence-electron chi connectivity index (χ2n) is 14.7. The molecular weight excluding hydrogens is 672 g/mol. The van der Waals surface area contributed by atoms with Gasteiger partial charge in [-0.3, -0.25) is 19.8 Å². The molecule has 1 aliphatic heterocycles. The zero-order valence-corrected chi connectivity index (χ0v) is 30.8. The van der Waals surface area contributed by atoms with E-state index >= 15 is 0 Å². The first-order chi connectivity index (χ1) is 23.3. The monoisotopic (exact) mass is 720 g/mol. The van der Waals surface area contributed by atoms with Crippen LogP contribution < -0.4 is 10.6 Å². The van der Waals surface area contributed by atoms with Crippen molar-refractivity contribution in [2.24, 2.45) is 10.9 Å². The lowest BCUT2D eigenvalue weighted by Crippen LogP contribution is -2.58. The first-order valence-corrected chi connectivity index (χ1v) is 16.1. The van der Waals surface area contributed by atoms with E-state index in [0.29, 0.717) is 5.01 Å². The third-order valence-electron chi connectivity index (χ3n) is 6.36. The fraction of sp³-hybridized carbons (Fsp3) is 0.576. The van der Waals surface area contributed by atoms with Crippen LogP contribution in [0.2, 0.25) is 0 Å². The van der Waals surface area contributed by atoms with Crippen molar-refractivity contribution >= 4 is 48.1 Å². The molecule has 0 aromatic heterocycles. The number of guanidine groups is 1. The van der Waals surface area contributed by atoms with E-state index in [4.69, 9.17) is 19.5 Å². The van der Waals surface area contributed by atoms with E-state index in [1.54, 1.807) is 76.2 Å². The minimum Gasteiger partial charge on any atom is -0.444 e. The van der Waals surface area contributed by atoms with Crippen molar-refractivity contribution in [3.63, 3.8) is 0 Å². The molecule has 0 bridgehead atoms. The van der Waals surface area contributed by atoms with Gasteiger partial charge in [-0.25, -0.2) is 33.9 Å². The summed E-state index contributed by atoms with van der Waals surface area (Å²) in [4.78, 5) is 101. The number of nitrogens with one attached hydrogen (secondary N) is 2. The summed E-state index contributed by atoms with van der Waals surface area (Å²) in [6, 6.07) is 3.36. The van der Waals surface area contributed by atoms with E-state index in [1.165, 1.54) is 24.3 Å². The summed E-state index contributed by atoms with van der Waals surface area (Å²) in [5.41, 5.74) is -3.05. The van der Waals surface area contributed by atoms with Gasteiger partial charge in [0, 0.05) is 13.1 Å². The Balaban J connectivity index is 2.57. The van der Waals surface area contributed by atoms with Crippen LogP contribution in [0.1, 0.15) is 103 Å². The van der Waals surface area contributed by atoms with Crippen LogP contribution in [0, 0.1) is 5.92 Å². The topological polar surface area (TPSA) is 223 Å². The number of urea groups is 1. The number of carbonyl (C=O) groups excluding carboxylic acids is 7. The number of hydrazine groups is 1. The van der Waals surface area contributed by atoms with Crippen LogP contribution in [-0.4, -0.2) is 104 Å². The molecule has 282 valence electrons. The fourth-order valence-corrected chi connectivity index (χ4v) is 4.35. The van der Waals surface area contributed by atoms with Crippen LogP contribution in [0.3, 0.4) is 0 Å². The molecule has 0 fully saturated rings. The molecule has 0 unspecified atom stereocenters. The molecule has 18 nitrogen and oxygen atoms in total. The van der Waals surface area contributed by atoms with Gasteiger partial charge < -0.3 is 19.5 Å². The number of carbonyl (C=O) groups is 7. The lowest BCUT2D eigenvalue weighted by atomic mass is 10.1. The predicted molar refractivity (Wildman–Crippen MR) is 180 cm³/mol. The molecule has 51 heavy (non-hydrogen) atoms. The molecule has 2 rings (SSSR count). The number of aliphatic imine (C=N–C) groups is 1. The van der Waals surface area contributed by atoms with Gasteiger partial charge in [0.1, 0.15) is 22.8 Å². The molecular formula is C33H48N6O12. The van der Waals surface area contributed by atoms with Gasteiger partial charge in [-0.15, -0.1) is 4.99 Å². The third-order valence-corrected chi connectivity index (χ3v) is 6.36. The highest BCUT2D eigenvalue weighted by atomic mass is 17.1. The maximum atomic E-state index is 13.7. The van der Waals surface area contributed by atoms with Gasteiger partial charge in [0.2, 0.25) is 5.96 Å². The van der Waals surface area contributed by atoms with Crippen molar-refractivity contribution in [2.45, 2.75) is 105 Å². The van der Waals surface area contributed by atoms with Crippen LogP contribution in [0.5, 0.6) is 0 Å². The molecule has 0 saturated carbocycles. The highest BCUT2D eigenvalue weighted by Crippen LogP contribution is 2.25. The smallest absolute Gasteiger partial charge is 0.437 e. The Morgan fingerprint density at radius 3 is 1.78 bits per heavy atom. The number of nitrogens with zero attached hydrogens (tertiary/aromatic N) is 4. The SMILES string of the molecule is CC(C)[C@H](NC(=O)N(CCCN(C(=O)OC(C)(C)C)/C(=N/C(=O)OC(C)(C)C)NC(=O)OC(C)(C)C)N1C(=O)c2ccccc2C1=O)C(=O)OO. The first kappa shape index (κ1) is 41.9. The van der Waals surface area contributed by atoms with Gasteiger partial charge in [0.15, 0.2) is 0 Å². The molecule has 1 atom stereocenters. The molecule has 0 saturated heterocycles. The predicted octanol–water partition coefficient (Wildman–Crippen LogP) is 4.69. The third kappa shape index (κ3) is 12.5. The number of rotatable bonds is 8. The van der Waals surface area contributed by atoms with Gasteiger partial charge in [0.25, 0.3) is 11.8 Å². The van der Waals surface area contributed by atoms with E-state index in [2.05, 4.69) is 20.5 Å². The number of alkyl carbamates (subject to hydrolysis) is 1. The second kappa shape index (κ2) is 16.6. The Morgan fingerprint density at radius 1 is 0.824 bits per heavy atom. The Hall–Kier alpha value is -5.26. The van der Waals surface area contributed by atoms with Gasteiger partial charge in [-0.2, -0.15) is 10.3 Å². The minimum atomic E-state index is -1.40.